The van der Waals surface area contributed by atoms with Crippen molar-refractivity contribution in [2.24, 2.45) is 5.92 Å². The molecule has 0 saturated carbocycles. The van der Waals surface area contributed by atoms with Gasteiger partial charge < -0.3 is 5.32 Å². The highest BCUT2D eigenvalue weighted by atomic mass is 15.3. The van der Waals surface area contributed by atoms with Crippen molar-refractivity contribution in [2.45, 2.75) is 46.2 Å². The van der Waals surface area contributed by atoms with Crippen LogP contribution in [0.1, 0.15) is 33.0 Å². The Hall–Kier alpha value is -0.900. The van der Waals surface area contributed by atoms with Crippen LogP contribution in [0.5, 0.6) is 0 Å². The highest BCUT2D eigenvalue weighted by molar-refractivity contribution is 4.89. The van der Waals surface area contributed by atoms with Crippen LogP contribution in [-0.4, -0.2) is 27.9 Å². The van der Waals surface area contributed by atoms with Crippen LogP contribution >= 0.6 is 0 Å². The van der Waals surface area contributed by atoms with Gasteiger partial charge in [-0.15, -0.1) is 0 Å². The van der Waals surface area contributed by atoms with E-state index in [0.717, 1.165) is 18.8 Å². The standard InChI is InChI=1S/C11H22N4/c1-5-10(9(3)12-4)7-11-13-8-14-15(11)6-2/h8-10,12H,5-7H2,1-4H3. The summed E-state index contributed by atoms with van der Waals surface area (Å²) in [5, 5.41) is 7.50. The summed E-state index contributed by atoms with van der Waals surface area (Å²) >= 11 is 0. The van der Waals surface area contributed by atoms with Crippen LogP contribution in [0.2, 0.25) is 0 Å². The second kappa shape index (κ2) is 5.85. The van der Waals surface area contributed by atoms with Gasteiger partial charge in [-0.25, -0.2) is 4.98 Å². The summed E-state index contributed by atoms with van der Waals surface area (Å²) in [6.07, 6.45) is 3.82. The van der Waals surface area contributed by atoms with Gasteiger partial charge in [-0.2, -0.15) is 5.10 Å². The summed E-state index contributed by atoms with van der Waals surface area (Å²) < 4.78 is 1.98. The zero-order valence-electron chi connectivity index (χ0n) is 10.2. The molecule has 2 atom stereocenters. The Labute approximate surface area is 92.1 Å². The van der Waals surface area contributed by atoms with Gasteiger partial charge in [0.2, 0.25) is 0 Å². The molecule has 1 heterocycles. The lowest BCUT2D eigenvalue weighted by Gasteiger charge is -2.21. The molecule has 15 heavy (non-hydrogen) atoms. The monoisotopic (exact) mass is 210 g/mol. The Bertz CT molecular complexity index is 282. The highest BCUT2D eigenvalue weighted by Gasteiger charge is 2.16. The molecule has 0 aliphatic rings. The van der Waals surface area contributed by atoms with Crippen molar-refractivity contribution in [2.75, 3.05) is 7.05 Å². The second-order valence-electron chi connectivity index (χ2n) is 3.94. The lowest BCUT2D eigenvalue weighted by atomic mass is 9.94. The Kier molecular flexibility index (Phi) is 4.75. The van der Waals surface area contributed by atoms with Crippen molar-refractivity contribution in [1.29, 1.82) is 0 Å². The van der Waals surface area contributed by atoms with Gasteiger partial charge in [0.15, 0.2) is 0 Å². The van der Waals surface area contributed by atoms with E-state index in [1.807, 2.05) is 11.7 Å². The first-order valence-electron chi connectivity index (χ1n) is 5.76. The Morgan fingerprint density at radius 2 is 2.20 bits per heavy atom. The average molecular weight is 210 g/mol. The maximum Gasteiger partial charge on any atom is 0.138 e. The largest absolute Gasteiger partial charge is 0.317 e. The number of nitrogens with one attached hydrogen (secondary N) is 1. The number of rotatable bonds is 6. The van der Waals surface area contributed by atoms with E-state index in [4.69, 9.17) is 0 Å². The van der Waals surface area contributed by atoms with Crippen LogP contribution in [0.3, 0.4) is 0 Å². The number of aromatic nitrogens is 3. The molecule has 1 aromatic rings. The van der Waals surface area contributed by atoms with Crippen LogP contribution in [0.15, 0.2) is 6.33 Å². The van der Waals surface area contributed by atoms with E-state index < -0.39 is 0 Å². The van der Waals surface area contributed by atoms with Gasteiger partial charge in [-0.05, 0) is 26.8 Å². The molecule has 1 N–H and O–H groups in total. The first kappa shape index (κ1) is 12.2. The molecule has 0 spiro atoms. The molecule has 0 saturated heterocycles. The van der Waals surface area contributed by atoms with Gasteiger partial charge in [-0.1, -0.05) is 13.3 Å². The topological polar surface area (TPSA) is 42.7 Å². The van der Waals surface area contributed by atoms with Gasteiger partial charge >= 0.3 is 0 Å². The Balaban J connectivity index is 2.66. The van der Waals surface area contributed by atoms with E-state index >= 15 is 0 Å². The molecule has 0 bridgehead atoms. The predicted octanol–water partition coefficient (Wildman–Crippen LogP) is 1.47. The number of hydrogen-bond acceptors (Lipinski definition) is 3. The van der Waals surface area contributed by atoms with Crippen LogP contribution in [0.25, 0.3) is 0 Å². The zero-order valence-corrected chi connectivity index (χ0v) is 10.2. The molecular weight excluding hydrogens is 188 g/mol. The van der Waals surface area contributed by atoms with E-state index in [2.05, 4.69) is 36.2 Å². The van der Waals surface area contributed by atoms with E-state index in [9.17, 15) is 0 Å². The first-order valence-corrected chi connectivity index (χ1v) is 5.76. The van der Waals surface area contributed by atoms with Gasteiger partial charge in [0.1, 0.15) is 12.2 Å². The molecule has 0 aromatic carbocycles. The van der Waals surface area contributed by atoms with Crippen LogP contribution in [-0.2, 0) is 13.0 Å². The third-order valence-corrected chi connectivity index (χ3v) is 3.13. The molecule has 1 rings (SSSR count). The van der Waals surface area contributed by atoms with E-state index in [1.54, 1.807) is 6.33 Å². The molecule has 1 aromatic heterocycles. The quantitative estimate of drug-likeness (QED) is 0.773. The molecule has 4 nitrogen and oxygen atoms in total. The summed E-state index contributed by atoms with van der Waals surface area (Å²) in [5.74, 6) is 1.73. The highest BCUT2D eigenvalue weighted by Crippen LogP contribution is 2.14. The lowest BCUT2D eigenvalue weighted by Crippen LogP contribution is -2.32. The second-order valence-corrected chi connectivity index (χ2v) is 3.94. The average Bonchev–Trinajstić information content (AvgIpc) is 2.71. The summed E-state index contributed by atoms with van der Waals surface area (Å²) in [6, 6.07) is 0.525. The molecule has 86 valence electrons. The molecule has 0 fully saturated rings. The SMILES string of the molecule is CCC(Cc1ncnn1CC)C(C)NC. The van der Waals surface area contributed by atoms with Crippen molar-refractivity contribution in [3.63, 3.8) is 0 Å². The smallest absolute Gasteiger partial charge is 0.138 e. The first-order chi connectivity index (χ1) is 7.22. The summed E-state index contributed by atoms with van der Waals surface area (Å²) in [6.45, 7) is 7.45. The van der Waals surface area contributed by atoms with Crippen molar-refractivity contribution < 1.29 is 0 Å². The summed E-state index contributed by atoms with van der Waals surface area (Å²) in [4.78, 5) is 4.32. The summed E-state index contributed by atoms with van der Waals surface area (Å²) in [7, 11) is 2.01. The molecule has 0 amide bonds. The van der Waals surface area contributed by atoms with Crippen LogP contribution < -0.4 is 5.32 Å². The van der Waals surface area contributed by atoms with Crippen LogP contribution in [0.4, 0.5) is 0 Å². The normalized spacial score (nSPS) is 15.2. The molecule has 0 aliphatic carbocycles. The van der Waals surface area contributed by atoms with Gasteiger partial charge in [0, 0.05) is 19.0 Å². The minimum atomic E-state index is 0.525. The van der Waals surface area contributed by atoms with E-state index in [-0.39, 0.29) is 0 Å². The van der Waals surface area contributed by atoms with E-state index in [0.29, 0.717) is 12.0 Å². The minimum Gasteiger partial charge on any atom is -0.317 e. The maximum atomic E-state index is 4.32. The number of hydrogen-bond donors (Lipinski definition) is 1. The Morgan fingerprint density at radius 3 is 2.73 bits per heavy atom. The fourth-order valence-electron chi connectivity index (χ4n) is 1.86. The molecule has 2 unspecified atom stereocenters. The van der Waals surface area contributed by atoms with Crippen LogP contribution in [0, 0.1) is 5.92 Å². The fourth-order valence-corrected chi connectivity index (χ4v) is 1.86. The third kappa shape index (κ3) is 3.02. The lowest BCUT2D eigenvalue weighted by molar-refractivity contribution is 0.368. The Morgan fingerprint density at radius 1 is 1.47 bits per heavy atom. The predicted molar refractivity (Wildman–Crippen MR) is 61.7 cm³/mol. The van der Waals surface area contributed by atoms with Crippen molar-refractivity contribution in [3.05, 3.63) is 12.2 Å². The summed E-state index contributed by atoms with van der Waals surface area (Å²) in [5.41, 5.74) is 0. The fraction of sp³-hybridized carbons (Fsp3) is 0.818. The maximum absolute atomic E-state index is 4.32. The number of aryl methyl sites for hydroxylation is 1. The molecule has 4 heteroatoms. The van der Waals surface area contributed by atoms with E-state index in [1.165, 1.54) is 6.42 Å². The van der Waals surface area contributed by atoms with Gasteiger partial charge in [0.05, 0.1) is 0 Å². The molecule has 0 radical (unpaired) electrons. The third-order valence-electron chi connectivity index (χ3n) is 3.13. The van der Waals surface area contributed by atoms with Crippen molar-refractivity contribution in [3.8, 4) is 0 Å². The van der Waals surface area contributed by atoms with Gasteiger partial charge in [0.25, 0.3) is 0 Å². The molecule has 0 aliphatic heterocycles. The molecular formula is C11H22N4. The van der Waals surface area contributed by atoms with Crippen molar-refractivity contribution in [1.82, 2.24) is 20.1 Å². The zero-order chi connectivity index (χ0) is 11.3. The van der Waals surface area contributed by atoms with Crippen molar-refractivity contribution >= 4 is 0 Å². The van der Waals surface area contributed by atoms with Gasteiger partial charge in [-0.3, -0.25) is 4.68 Å². The number of nitrogens with zero attached hydrogens (tertiary/aromatic N) is 3. The minimum absolute atomic E-state index is 0.525.